The highest BCUT2D eigenvalue weighted by molar-refractivity contribution is 5.33. The topological polar surface area (TPSA) is 15.3 Å². The van der Waals surface area contributed by atoms with Gasteiger partial charge in [-0.25, -0.2) is 0 Å². The van der Waals surface area contributed by atoms with Gasteiger partial charge in [0.2, 0.25) is 0 Å². The molecule has 1 aromatic rings. The fourth-order valence-corrected chi connectivity index (χ4v) is 3.37. The Bertz CT molecular complexity index is 451. The largest absolute Gasteiger partial charge is 0.309 e. The molecule has 20 heavy (non-hydrogen) atoms. The number of likely N-dealkylation sites (tertiary alicyclic amines) is 1. The van der Waals surface area contributed by atoms with Crippen LogP contribution in [0.1, 0.15) is 49.9 Å². The summed E-state index contributed by atoms with van der Waals surface area (Å²) in [5, 5.41) is 3.67. The predicted octanol–water partition coefficient (Wildman–Crippen LogP) is 3.69. The molecule has 0 radical (unpaired) electrons. The molecule has 2 nitrogen and oxygen atoms in total. The summed E-state index contributed by atoms with van der Waals surface area (Å²) < 4.78 is 0. The van der Waals surface area contributed by atoms with E-state index in [0.717, 1.165) is 13.1 Å². The first-order valence-electron chi connectivity index (χ1n) is 7.94. The molecule has 0 spiro atoms. The van der Waals surface area contributed by atoms with Gasteiger partial charge >= 0.3 is 0 Å². The fourth-order valence-electron chi connectivity index (χ4n) is 3.37. The third kappa shape index (κ3) is 3.83. The number of nitrogens with one attached hydrogen (secondary N) is 1. The summed E-state index contributed by atoms with van der Waals surface area (Å²) in [7, 11) is 0. The lowest BCUT2D eigenvalue weighted by molar-refractivity contribution is 0.261. The van der Waals surface area contributed by atoms with Crippen molar-refractivity contribution in [2.45, 2.75) is 47.1 Å². The molecule has 0 saturated carbocycles. The molecule has 0 aliphatic carbocycles. The van der Waals surface area contributed by atoms with Crippen molar-refractivity contribution in [2.24, 2.45) is 5.41 Å². The highest BCUT2D eigenvalue weighted by Crippen LogP contribution is 2.30. The highest BCUT2D eigenvalue weighted by atomic mass is 15.2. The quantitative estimate of drug-likeness (QED) is 0.881. The lowest BCUT2D eigenvalue weighted by atomic mass is 9.93. The van der Waals surface area contributed by atoms with Crippen LogP contribution in [0, 0.1) is 19.3 Å². The Kier molecular flexibility index (Phi) is 4.87. The molecule has 1 aromatic carbocycles. The Hall–Kier alpha value is -0.860. The lowest BCUT2D eigenvalue weighted by Gasteiger charge is -2.27. The van der Waals surface area contributed by atoms with Gasteiger partial charge in [-0.2, -0.15) is 0 Å². The van der Waals surface area contributed by atoms with Crippen molar-refractivity contribution >= 4 is 0 Å². The van der Waals surface area contributed by atoms with Crippen molar-refractivity contribution in [3.05, 3.63) is 34.9 Å². The lowest BCUT2D eigenvalue weighted by Crippen LogP contribution is -2.35. The van der Waals surface area contributed by atoms with E-state index in [9.17, 15) is 0 Å². The van der Waals surface area contributed by atoms with Crippen LogP contribution >= 0.6 is 0 Å². The summed E-state index contributed by atoms with van der Waals surface area (Å²) in [6, 6.07) is 7.29. The Morgan fingerprint density at radius 1 is 1.30 bits per heavy atom. The molecule has 1 unspecified atom stereocenters. The van der Waals surface area contributed by atoms with Gasteiger partial charge in [-0.15, -0.1) is 0 Å². The molecule has 1 atom stereocenters. The Labute approximate surface area is 124 Å². The first-order valence-corrected chi connectivity index (χ1v) is 7.94. The van der Waals surface area contributed by atoms with E-state index in [1.807, 2.05) is 0 Å². The van der Waals surface area contributed by atoms with Gasteiger partial charge < -0.3 is 10.2 Å². The number of hydrogen-bond acceptors (Lipinski definition) is 2. The summed E-state index contributed by atoms with van der Waals surface area (Å²) in [5.74, 6) is 0. The van der Waals surface area contributed by atoms with Gasteiger partial charge in [0.05, 0.1) is 0 Å². The average Bonchev–Trinajstić information content (AvgIpc) is 2.68. The van der Waals surface area contributed by atoms with E-state index in [4.69, 9.17) is 0 Å². The normalized spacial score (nSPS) is 20.2. The summed E-state index contributed by atoms with van der Waals surface area (Å²) >= 11 is 0. The summed E-state index contributed by atoms with van der Waals surface area (Å²) in [6.07, 6.45) is 1.32. The summed E-state index contributed by atoms with van der Waals surface area (Å²) in [5.41, 5.74) is 4.71. The molecule has 2 rings (SSSR count). The molecular weight excluding hydrogens is 244 g/mol. The van der Waals surface area contributed by atoms with Crippen molar-refractivity contribution in [3.63, 3.8) is 0 Å². The maximum atomic E-state index is 3.67. The van der Waals surface area contributed by atoms with Gasteiger partial charge in [0.1, 0.15) is 0 Å². The van der Waals surface area contributed by atoms with E-state index >= 15 is 0 Å². The number of rotatable bonds is 5. The zero-order chi connectivity index (χ0) is 14.8. The van der Waals surface area contributed by atoms with E-state index in [1.54, 1.807) is 0 Å². The molecule has 0 amide bonds. The molecule has 0 aromatic heterocycles. The van der Waals surface area contributed by atoms with Crippen LogP contribution < -0.4 is 5.32 Å². The Balaban J connectivity index is 2.11. The second-order valence-electron chi connectivity index (χ2n) is 7.12. The zero-order valence-corrected chi connectivity index (χ0v) is 13.8. The van der Waals surface area contributed by atoms with E-state index < -0.39 is 0 Å². The highest BCUT2D eigenvalue weighted by Gasteiger charge is 2.30. The van der Waals surface area contributed by atoms with Crippen LogP contribution in [0.3, 0.4) is 0 Å². The SMILES string of the molecule is CCNC(CN1CCC(C)(C)C1)c1ccc(C)cc1C. The van der Waals surface area contributed by atoms with E-state index in [-0.39, 0.29) is 0 Å². The van der Waals surface area contributed by atoms with E-state index in [0.29, 0.717) is 11.5 Å². The maximum absolute atomic E-state index is 3.67. The standard InChI is InChI=1S/C18H30N2/c1-6-19-17(12-20-10-9-18(4,5)13-20)16-8-7-14(2)11-15(16)3/h7-8,11,17,19H,6,9-10,12-13H2,1-5H3. The number of aryl methyl sites for hydroxylation is 2. The van der Waals surface area contributed by atoms with Crippen LogP contribution in [0.4, 0.5) is 0 Å². The van der Waals surface area contributed by atoms with Crippen molar-refractivity contribution in [1.82, 2.24) is 10.2 Å². The Morgan fingerprint density at radius 3 is 2.60 bits per heavy atom. The van der Waals surface area contributed by atoms with E-state index in [1.165, 1.54) is 36.2 Å². The second-order valence-corrected chi connectivity index (χ2v) is 7.12. The van der Waals surface area contributed by atoms with Gasteiger partial charge in [-0.3, -0.25) is 0 Å². The second kappa shape index (κ2) is 6.28. The van der Waals surface area contributed by atoms with Gasteiger partial charge in [0.15, 0.2) is 0 Å². The maximum Gasteiger partial charge on any atom is 0.0451 e. The molecule has 1 aliphatic heterocycles. The molecular formula is C18H30N2. The van der Waals surface area contributed by atoms with Crippen LogP contribution in [0.15, 0.2) is 18.2 Å². The third-order valence-electron chi connectivity index (χ3n) is 4.45. The summed E-state index contributed by atoms with van der Waals surface area (Å²) in [6.45, 7) is 16.0. The van der Waals surface area contributed by atoms with Crippen LogP contribution in [0.2, 0.25) is 0 Å². The van der Waals surface area contributed by atoms with Crippen LogP contribution in [0.5, 0.6) is 0 Å². The average molecular weight is 274 g/mol. The monoisotopic (exact) mass is 274 g/mol. The van der Waals surface area contributed by atoms with Gasteiger partial charge in [0.25, 0.3) is 0 Å². The zero-order valence-electron chi connectivity index (χ0n) is 13.8. The number of nitrogens with zero attached hydrogens (tertiary/aromatic N) is 1. The third-order valence-corrected chi connectivity index (χ3v) is 4.45. The Morgan fingerprint density at radius 2 is 2.05 bits per heavy atom. The molecule has 1 fully saturated rings. The van der Waals surface area contributed by atoms with E-state index in [2.05, 4.69) is 63.0 Å². The molecule has 1 saturated heterocycles. The number of likely N-dealkylation sites (N-methyl/N-ethyl adjacent to an activating group) is 1. The molecule has 2 heteroatoms. The van der Waals surface area contributed by atoms with Gasteiger partial charge in [0, 0.05) is 19.1 Å². The first kappa shape index (κ1) is 15.5. The minimum Gasteiger partial charge on any atom is -0.309 e. The van der Waals surface area contributed by atoms with Crippen molar-refractivity contribution in [2.75, 3.05) is 26.2 Å². The minimum atomic E-state index is 0.453. The number of hydrogen-bond donors (Lipinski definition) is 1. The van der Waals surface area contributed by atoms with Crippen LogP contribution in [-0.2, 0) is 0 Å². The molecule has 0 bridgehead atoms. The molecule has 1 heterocycles. The molecule has 1 aliphatic rings. The van der Waals surface area contributed by atoms with Crippen LogP contribution in [0.25, 0.3) is 0 Å². The molecule has 1 N–H and O–H groups in total. The van der Waals surface area contributed by atoms with Crippen molar-refractivity contribution in [1.29, 1.82) is 0 Å². The fraction of sp³-hybridized carbons (Fsp3) is 0.667. The first-order chi connectivity index (χ1) is 9.41. The minimum absolute atomic E-state index is 0.453. The van der Waals surface area contributed by atoms with Crippen LogP contribution in [-0.4, -0.2) is 31.1 Å². The summed E-state index contributed by atoms with van der Waals surface area (Å²) in [4.78, 5) is 2.62. The smallest absolute Gasteiger partial charge is 0.0451 e. The number of benzene rings is 1. The van der Waals surface area contributed by atoms with Crippen molar-refractivity contribution in [3.8, 4) is 0 Å². The van der Waals surface area contributed by atoms with Gasteiger partial charge in [-0.05, 0) is 49.9 Å². The van der Waals surface area contributed by atoms with Gasteiger partial charge in [-0.1, -0.05) is 44.5 Å². The van der Waals surface area contributed by atoms with Crippen molar-refractivity contribution < 1.29 is 0 Å². The predicted molar refractivity (Wildman–Crippen MR) is 87.2 cm³/mol. The molecule has 112 valence electrons.